The second kappa shape index (κ2) is 5.59. The summed E-state index contributed by atoms with van der Waals surface area (Å²) in [5.74, 6) is -0.104. The number of amides is 1. The fraction of sp³-hybridized carbons (Fsp3) is 0.167. The van der Waals surface area contributed by atoms with E-state index in [4.69, 9.17) is 17.0 Å². The molecular formula is C12H10N2O4S2. The predicted octanol–water partition coefficient (Wildman–Crippen LogP) is 2.43. The highest BCUT2D eigenvalue weighted by molar-refractivity contribution is 8.26. The number of benzene rings is 1. The molecule has 1 saturated heterocycles. The van der Waals surface area contributed by atoms with Gasteiger partial charge in [0.2, 0.25) is 5.75 Å². The molecule has 0 aromatic heterocycles. The maximum atomic E-state index is 11.9. The Morgan fingerprint density at radius 3 is 2.70 bits per heavy atom. The fourth-order valence-corrected chi connectivity index (χ4v) is 2.88. The normalized spacial score (nSPS) is 16.9. The zero-order valence-corrected chi connectivity index (χ0v) is 12.3. The summed E-state index contributed by atoms with van der Waals surface area (Å²) < 4.78 is 5.53. The minimum Gasteiger partial charge on any atom is -0.490 e. The van der Waals surface area contributed by atoms with Crippen molar-refractivity contribution < 1.29 is 14.5 Å². The molecule has 0 atom stereocenters. The van der Waals surface area contributed by atoms with E-state index in [0.29, 0.717) is 14.8 Å². The van der Waals surface area contributed by atoms with Crippen molar-refractivity contribution in [3.05, 3.63) is 38.8 Å². The van der Waals surface area contributed by atoms with Crippen LogP contribution >= 0.6 is 24.0 Å². The van der Waals surface area contributed by atoms with Crippen molar-refractivity contribution in [2.24, 2.45) is 0 Å². The van der Waals surface area contributed by atoms with E-state index in [1.54, 1.807) is 25.3 Å². The van der Waals surface area contributed by atoms with Crippen LogP contribution in [0.3, 0.4) is 0 Å². The first kappa shape index (κ1) is 14.5. The van der Waals surface area contributed by atoms with Crippen molar-refractivity contribution in [2.75, 3.05) is 14.2 Å². The second-order valence-corrected chi connectivity index (χ2v) is 5.57. The number of nitro benzene ring substituents is 1. The molecule has 0 saturated carbocycles. The van der Waals surface area contributed by atoms with Gasteiger partial charge in [-0.3, -0.25) is 19.8 Å². The van der Waals surface area contributed by atoms with Gasteiger partial charge in [0.05, 0.1) is 16.9 Å². The van der Waals surface area contributed by atoms with Gasteiger partial charge in [0, 0.05) is 18.7 Å². The number of rotatable bonds is 3. The highest BCUT2D eigenvalue weighted by Crippen LogP contribution is 2.36. The number of para-hydroxylation sites is 1. The topological polar surface area (TPSA) is 72.7 Å². The average Bonchev–Trinajstić information content (AvgIpc) is 2.66. The SMILES string of the molecule is COc1c(/C=C2\SC(=S)N(C)C2=O)cccc1[N+](=O)[O-]. The van der Waals surface area contributed by atoms with E-state index in [2.05, 4.69) is 0 Å². The molecule has 0 aliphatic carbocycles. The van der Waals surface area contributed by atoms with Crippen LogP contribution in [0.1, 0.15) is 5.56 Å². The van der Waals surface area contributed by atoms with Gasteiger partial charge in [-0.05, 0) is 6.08 Å². The molecule has 1 aliphatic rings. The van der Waals surface area contributed by atoms with E-state index >= 15 is 0 Å². The minimum atomic E-state index is -0.527. The van der Waals surface area contributed by atoms with E-state index in [9.17, 15) is 14.9 Å². The summed E-state index contributed by atoms with van der Waals surface area (Å²) in [4.78, 5) is 24.1. The highest BCUT2D eigenvalue weighted by atomic mass is 32.2. The van der Waals surface area contributed by atoms with Gasteiger partial charge in [0.25, 0.3) is 5.91 Å². The number of likely N-dealkylation sites (N-methyl/N-ethyl adjacent to an activating group) is 1. The van der Waals surface area contributed by atoms with Crippen molar-refractivity contribution in [3.63, 3.8) is 0 Å². The molecule has 6 nitrogen and oxygen atoms in total. The van der Waals surface area contributed by atoms with Crippen LogP contribution in [0.4, 0.5) is 5.69 Å². The van der Waals surface area contributed by atoms with Crippen LogP contribution in [-0.4, -0.2) is 34.2 Å². The number of nitrogens with zero attached hydrogens (tertiary/aromatic N) is 2. The standard InChI is InChI=1S/C12H10N2O4S2/c1-13-11(15)9(20-12(13)19)6-7-4-3-5-8(14(16)17)10(7)18-2/h3-6H,1-2H3/b9-6-. The molecule has 1 aromatic rings. The Hall–Kier alpha value is -1.93. The first-order chi connectivity index (χ1) is 9.45. The van der Waals surface area contributed by atoms with E-state index in [1.165, 1.54) is 18.1 Å². The molecule has 20 heavy (non-hydrogen) atoms. The summed E-state index contributed by atoms with van der Waals surface area (Å²) in [6.07, 6.45) is 1.55. The van der Waals surface area contributed by atoms with Crippen molar-refractivity contribution >= 4 is 46.0 Å². The Labute approximate surface area is 124 Å². The van der Waals surface area contributed by atoms with Crippen LogP contribution in [0.25, 0.3) is 6.08 Å². The quantitative estimate of drug-likeness (QED) is 0.369. The maximum absolute atomic E-state index is 11.9. The van der Waals surface area contributed by atoms with E-state index in [0.717, 1.165) is 11.8 Å². The molecule has 0 bridgehead atoms. The van der Waals surface area contributed by atoms with Crippen LogP contribution in [0.2, 0.25) is 0 Å². The zero-order chi connectivity index (χ0) is 14.9. The monoisotopic (exact) mass is 310 g/mol. The lowest BCUT2D eigenvalue weighted by Crippen LogP contribution is -2.22. The number of carbonyl (C=O) groups is 1. The summed E-state index contributed by atoms with van der Waals surface area (Å²) in [6.45, 7) is 0. The number of hydrogen-bond donors (Lipinski definition) is 0. The summed E-state index contributed by atoms with van der Waals surface area (Å²) in [5, 5.41) is 10.9. The van der Waals surface area contributed by atoms with Crippen molar-refractivity contribution in [2.45, 2.75) is 0 Å². The van der Waals surface area contributed by atoms with Gasteiger partial charge < -0.3 is 4.74 Å². The fourth-order valence-electron chi connectivity index (χ4n) is 1.71. The highest BCUT2D eigenvalue weighted by Gasteiger charge is 2.29. The van der Waals surface area contributed by atoms with Crippen LogP contribution < -0.4 is 4.74 Å². The third-order valence-electron chi connectivity index (χ3n) is 2.70. The van der Waals surface area contributed by atoms with Crippen LogP contribution in [-0.2, 0) is 4.79 Å². The summed E-state index contributed by atoms with van der Waals surface area (Å²) >= 11 is 6.18. The summed E-state index contributed by atoms with van der Waals surface area (Å²) in [7, 11) is 2.94. The Balaban J connectivity index is 2.49. The van der Waals surface area contributed by atoms with E-state index in [-0.39, 0.29) is 17.3 Å². The van der Waals surface area contributed by atoms with Crippen molar-refractivity contribution in [1.82, 2.24) is 4.90 Å². The number of carbonyl (C=O) groups excluding carboxylic acids is 1. The molecular weight excluding hydrogens is 300 g/mol. The molecule has 8 heteroatoms. The Morgan fingerprint density at radius 1 is 1.50 bits per heavy atom. The molecule has 1 heterocycles. The zero-order valence-electron chi connectivity index (χ0n) is 10.7. The van der Waals surface area contributed by atoms with Crippen LogP contribution in [0, 0.1) is 10.1 Å². The molecule has 2 rings (SSSR count). The van der Waals surface area contributed by atoms with Gasteiger partial charge in [0.15, 0.2) is 0 Å². The largest absolute Gasteiger partial charge is 0.490 e. The van der Waals surface area contributed by atoms with Crippen LogP contribution in [0.5, 0.6) is 5.75 Å². The van der Waals surface area contributed by atoms with E-state index < -0.39 is 4.92 Å². The van der Waals surface area contributed by atoms with Gasteiger partial charge in [-0.15, -0.1) is 0 Å². The first-order valence-corrected chi connectivity index (χ1v) is 6.71. The molecule has 104 valence electrons. The molecule has 1 aromatic carbocycles. The molecule has 1 aliphatic heterocycles. The molecule has 1 amide bonds. The number of ether oxygens (including phenoxy) is 1. The average molecular weight is 310 g/mol. The molecule has 0 radical (unpaired) electrons. The van der Waals surface area contributed by atoms with Crippen LogP contribution in [0.15, 0.2) is 23.1 Å². The molecule has 0 unspecified atom stereocenters. The van der Waals surface area contributed by atoms with Gasteiger partial charge >= 0.3 is 5.69 Å². The molecule has 0 spiro atoms. The molecule has 1 fully saturated rings. The molecule has 0 N–H and O–H groups in total. The maximum Gasteiger partial charge on any atom is 0.311 e. The smallest absolute Gasteiger partial charge is 0.311 e. The van der Waals surface area contributed by atoms with Gasteiger partial charge in [-0.2, -0.15) is 0 Å². The van der Waals surface area contributed by atoms with Crippen molar-refractivity contribution in [3.8, 4) is 5.75 Å². The first-order valence-electron chi connectivity index (χ1n) is 5.48. The van der Waals surface area contributed by atoms with Gasteiger partial charge in [-0.1, -0.05) is 36.1 Å². The summed E-state index contributed by atoms with van der Waals surface area (Å²) in [5.41, 5.74) is 0.323. The van der Waals surface area contributed by atoms with Gasteiger partial charge in [0.1, 0.15) is 4.32 Å². The lowest BCUT2D eigenvalue weighted by Gasteiger charge is -2.06. The number of thioether (sulfide) groups is 1. The third kappa shape index (κ3) is 2.52. The lowest BCUT2D eigenvalue weighted by molar-refractivity contribution is -0.385. The van der Waals surface area contributed by atoms with Crippen molar-refractivity contribution in [1.29, 1.82) is 0 Å². The number of hydrogen-bond acceptors (Lipinski definition) is 6. The number of nitro groups is 1. The Bertz CT molecular complexity index is 642. The number of thiocarbonyl (C=S) groups is 1. The Morgan fingerprint density at radius 2 is 2.20 bits per heavy atom. The summed E-state index contributed by atoms with van der Waals surface area (Å²) in [6, 6.07) is 4.54. The third-order valence-corrected chi connectivity index (χ3v) is 4.18. The predicted molar refractivity (Wildman–Crippen MR) is 80.6 cm³/mol. The van der Waals surface area contributed by atoms with E-state index in [1.807, 2.05) is 0 Å². The second-order valence-electron chi connectivity index (χ2n) is 3.90. The number of methoxy groups -OCH3 is 1. The van der Waals surface area contributed by atoms with Gasteiger partial charge in [-0.25, -0.2) is 0 Å². The lowest BCUT2D eigenvalue weighted by atomic mass is 10.1. The minimum absolute atomic E-state index is 0.124. The Kier molecular flexibility index (Phi) is 4.05.